The molecule has 0 amide bonds. The molecule has 0 saturated carbocycles. The van der Waals surface area contributed by atoms with Crippen molar-refractivity contribution in [1.29, 1.82) is 0 Å². The summed E-state index contributed by atoms with van der Waals surface area (Å²) in [5.74, 6) is 0.627. The molecule has 5 nitrogen and oxygen atoms in total. The maximum absolute atomic E-state index is 12.4. The molecule has 2 aromatic heterocycles. The molecule has 2 heterocycles. The number of rotatable bonds is 3. The molecule has 3 aromatic rings. The molecule has 0 unspecified atom stereocenters. The molecule has 1 N–H and O–H groups in total. The van der Waals surface area contributed by atoms with E-state index in [1.54, 1.807) is 43.6 Å². The van der Waals surface area contributed by atoms with Gasteiger partial charge in [-0.1, -0.05) is 11.6 Å². The molecule has 21 heavy (non-hydrogen) atoms. The summed E-state index contributed by atoms with van der Waals surface area (Å²) < 4.78 is 10.6. The van der Waals surface area contributed by atoms with Gasteiger partial charge in [-0.25, -0.2) is 4.98 Å². The Morgan fingerprint density at radius 1 is 1.29 bits per heavy atom. The summed E-state index contributed by atoms with van der Waals surface area (Å²) in [5, 5.41) is 3.67. The number of benzene rings is 1. The monoisotopic (exact) mass is 302 g/mol. The number of methoxy groups -OCH3 is 1. The van der Waals surface area contributed by atoms with Gasteiger partial charge in [0.25, 0.3) is 0 Å². The van der Waals surface area contributed by atoms with Crippen molar-refractivity contribution in [3.63, 3.8) is 0 Å². The fraction of sp³-hybridized carbons (Fsp3) is 0.0667. The Morgan fingerprint density at radius 2 is 2.14 bits per heavy atom. The number of pyridine rings is 1. The maximum Gasteiger partial charge on any atom is 0.216 e. The first-order valence-electron chi connectivity index (χ1n) is 6.16. The van der Waals surface area contributed by atoms with Crippen LogP contribution in [0.2, 0.25) is 5.15 Å². The van der Waals surface area contributed by atoms with E-state index in [9.17, 15) is 4.79 Å². The van der Waals surface area contributed by atoms with Gasteiger partial charge < -0.3 is 14.5 Å². The Morgan fingerprint density at radius 3 is 2.90 bits per heavy atom. The zero-order chi connectivity index (χ0) is 14.8. The van der Waals surface area contributed by atoms with E-state index in [4.69, 9.17) is 20.8 Å². The SMILES string of the molecule is COc1ccc2c(=O)c(Nc3cccnc3Cl)coc2c1. The average Bonchev–Trinajstić information content (AvgIpc) is 2.51. The van der Waals surface area contributed by atoms with Crippen molar-refractivity contribution in [2.45, 2.75) is 0 Å². The predicted molar refractivity (Wildman–Crippen MR) is 81.6 cm³/mol. The molecule has 0 aliphatic carbocycles. The summed E-state index contributed by atoms with van der Waals surface area (Å²) in [5.41, 5.74) is 1.11. The van der Waals surface area contributed by atoms with Crippen molar-refractivity contribution in [3.05, 3.63) is 58.2 Å². The number of ether oxygens (including phenoxy) is 1. The van der Waals surface area contributed by atoms with Gasteiger partial charge in [0.15, 0.2) is 5.15 Å². The Hall–Kier alpha value is -2.53. The number of aromatic nitrogens is 1. The van der Waals surface area contributed by atoms with Crippen LogP contribution in [0.1, 0.15) is 0 Å². The first kappa shape index (κ1) is 13.5. The van der Waals surface area contributed by atoms with Crippen molar-refractivity contribution >= 4 is 33.9 Å². The fourth-order valence-electron chi connectivity index (χ4n) is 1.95. The number of halogens is 1. The van der Waals surface area contributed by atoms with Gasteiger partial charge in [0, 0.05) is 12.3 Å². The third-order valence-electron chi connectivity index (χ3n) is 3.01. The lowest BCUT2D eigenvalue weighted by Crippen LogP contribution is -2.08. The quantitative estimate of drug-likeness (QED) is 0.749. The van der Waals surface area contributed by atoms with Crippen LogP contribution in [-0.4, -0.2) is 12.1 Å². The van der Waals surface area contributed by atoms with Crippen molar-refractivity contribution in [1.82, 2.24) is 4.98 Å². The highest BCUT2D eigenvalue weighted by atomic mass is 35.5. The van der Waals surface area contributed by atoms with Gasteiger partial charge in [-0.3, -0.25) is 4.79 Å². The van der Waals surface area contributed by atoms with E-state index in [0.717, 1.165) is 0 Å². The fourth-order valence-corrected chi connectivity index (χ4v) is 2.11. The van der Waals surface area contributed by atoms with Gasteiger partial charge >= 0.3 is 0 Å². The summed E-state index contributed by atoms with van der Waals surface area (Å²) >= 11 is 5.96. The number of anilines is 2. The minimum atomic E-state index is -0.182. The van der Waals surface area contributed by atoms with Crippen LogP contribution in [0.25, 0.3) is 11.0 Å². The largest absolute Gasteiger partial charge is 0.497 e. The van der Waals surface area contributed by atoms with E-state index in [1.807, 2.05) is 0 Å². The van der Waals surface area contributed by atoms with Gasteiger partial charge in [-0.2, -0.15) is 0 Å². The van der Waals surface area contributed by atoms with Crippen LogP contribution >= 0.6 is 11.6 Å². The normalized spacial score (nSPS) is 10.6. The lowest BCUT2D eigenvalue weighted by molar-refractivity contribution is 0.414. The summed E-state index contributed by atoms with van der Waals surface area (Å²) in [7, 11) is 1.56. The van der Waals surface area contributed by atoms with E-state index in [-0.39, 0.29) is 10.6 Å². The second-order valence-corrected chi connectivity index (χ2v) is 4.67. The number of hydrogen-bond donors (Lipinski definition) is 1. The second-order valence-electron chi connectivity index (χ2n) is 4.31. The first-order valence-corrected chi connectivity index (χ1v) is 6.54. The third kappa shape index (κ3) is 2.55. The second kappa shape index (κ2) is 5.46. The molecule has 3 rings (SSSR count). The van der Waals surface area contributed by atoms with Gasteiger partial charge in [0.05, 0.1) is 18.2 Å². The molecular weight excluding hydrogens is 292 g/mol. The summed E-state index contributed by atoms with van der Waals surface area (Å²) in [4.78, 5) is 16.4. The number of nitrogens with zero attached hydrogens (tertiary/aromatic N) is 1. The molecule has 0 aliphatic heterocycles. The molecule has 0 saturated heterocycles. The molecule has 0 aliphatic rings. The molecule has 0 atom stereocenters. The Bertz CT molecular complexity index is 861. The highest BCUT2D eigenvalue weighted by molar-refractivity contribution is 6.32. The van der Waals surface area contributed by atoms with Gasteiger partial charge in [-0.15, -0.1) is 0 Å². The van der Waals surface area contributed by atoms with Crippen LogP contribution in [0.5, 0.6) is 5.75 Å². The highest BCUT2D eigenvalue weighted by Crippen LogP contribution is 2.24. The standard InChI is InChI=1S/C15H11ClN2O3/c1-20-9-4-5-10-13(7-9)21-8-12(14(10)19)18-11-3-2-6-17-15(11)16/h2-8,18H,1H3. The highest BCUT2D eigenvalue weighted by Gasteiger charge is 2.09. The molecule has 106 valence electrons. The lowest BCUT2D eigenvalue weighted by atomic mass is 10.2. The Kier molecular flexibility index (Phi) is 3.50. The van der Waals surface area contributed by atoms with Crippen LogP contribution < -0.4 is 15.5 Å². The topological polar surface area (TPSA) is 64.4 Å². The van der Waals surface area contributed by atoms with E-state index < -0.39 is 0 Å². The molecule has 0 radical (unpaired) electrons. The number of nitrogens with one attached hydrogen (secondary N) is 1. The molecule has 0 bridgehead atoms. The molecular formula is C15H11ClN2O3. The van der Waals surface area contributed by atoms with Gasteiger partial charge in [0.2, 0.25) is 5.43 Å². The van der Waals surface area contributed by atoms with Crippen LogP contribution in [0.15, 0.2) is 52.0 Å². The Labute approximate surface area is 125 Å². The van der Waals surface area contributed by atoms with E-state index in [2.05, 4.69) is 10.3 Å². The van der Waals surface area contributed by atoms with Crippen molar-refractivity contribution in [2.75, 3.05) is 12.4 Å². The van der Waals surface area contributed by atoms with Crippen LogP contribution in [-0.2, 0) is 0 Å². The lowest BCUT2D eigenvalue weighted by Gasteiger charge is -2.07. The van der Waals surface area contributed by atoms with E-state index in [1.165, 1.54) is 6.26 Å². The van der Waals surface area contributed by atoms with Gasteiger partial charge in [0.1, 0.15) is 23.3 Å². The zero-order valence-corrected chi connectivity index (χ0v) is 11.8. The first-order chi connectivity index (χ1) is 10.2. The summed E-state index contributed by atoms with van der Waals surface area (Å²) in [6.07, 6.45) is 2.93. The van der Waals surface area contributed by atoms with Crippen LogP contribution in [0, 0.1) is 0 Å². The average molecular weight is 303 g/mol. The molecule has 0 spiro atoms. The molecule has 6 heteroatoms. The number of hydrogen-bond acceptors (Lipinski definition) is 5. The minimum Gasteiger partial charge on any atom is -0.497 e. The maximum atomic E-state index is 12.4. The smallest absolute Gasteiger partial charge is 0.216 e. The predicted octanol–water partition coefficient (Wildman–Crippen LogP) is 3.59. The van der Waals surface area contributed by atoms with Crippen molar-refractivity contribution < 1.29 is 9.15 Å². The van der Waals surface area contributed by atoms with Crippen molar-refractivity contribution in [3.8, 4) is 5.75 Å². The minimum absolute atomic E-state index is 0.182. The van der Waals surface area contributed by atoms with E-state index >= 15 is 0 Å². The summed E-state index contributed by atoms with van der Waals surface area (Å²) in [6.45, 7) is 0. The van der Waals surface area contributed by atoms with Crippen LogP contribution in [0.3, 0.4) is 0 Å². The molecule has 1 aromatic carbocycles. The van der Waals surface area contributed by atoms with Gasteiger partial charge in [-0.05, 0) is 24.3 Å². The Balaban J connectivity index is 2.07. The zero-order valence-electron chi connectivity index (χ0n) is 11.1. The van der Waals surface area contributed by atoms with E-state index in [0.29, 0.717) is 28.1 Å². The number of fused-ring (bicyclic) bond motifs is 1. The van der Waals surface area contributed by atoms with Crippen LogP contribution in [0.4, 0.5) is 11.4 Å². The molecule has 0 fully saturated rings. The third-order valence-corrected chi connectivity index (χ3v) is 3.31. The summed E-state index contributed by atoms with van der Waals surface area (Å²) in [6, 6.07) is 8.49. The van der Waals surface area contributed by atoms with Crippen molar-refractivity contribution in [2.24, 2.45) is 0 Å².